The third-order valence-corrected chi connectivity index (χ3v) is 4.07. The molecule has 1 aromatic carbocycles. The maximum absolute atomic E-state index is 12.6. The highest BCUT2D eigenvalue weighted by Crippen LogP contribution is 2.20. The van der Waals surface area contributed by atoms with Crippen molar-refractivity contribution in [2.24, 2.45) is 7.05 Å². The van der Waals surface area contributed by atoms with Gasteiger partial charge in [-0.1, -0.05) is 30.3 Å². The van der Waals surface area contributed by atoms with Crippen molar-refractivity contribution in [3.05, 3.63) is 78.5 Å². The number of fused-ring (bicyclic) bond motifs is 1. The molecule has 0 radical (unpaired) electrons. The van der Waals surface area contributed by atoms with Crippen LogP contribution in [0.3, 0.4) is 0 Å². The van der Waals surface area contributed by atoms with Gasteiger partial charge in [-0.25, -0.2) is 4.98 Å². The number of pyridine rings is 1. The average molecular weight is 331 g/mol. The highest BCUT2D eigenvalue weighted by molar-refractivity contribution is 5.93. The Bertz CT molecular complexity index is 1030. The van der Waals surface area contributed by atoms with E-state index in [1.54, 1.807) is 17.1 Å². The molecule has 0 fully saturated rings. The molecule has 25 heavy (non-hydrogen) atoms. The van der Waals surface area contributed by atoms with E-state index in [-0.39, 0.29) is 5.91 Å². The van der Waals surface area contributed by atoms with E-state index in [0.717, 1.165) is 22.3 Å². The summed E-state index contributed by atoms with van der Waals surface area (Å²) >= 11 is 0. The van der Waals surface area contributed by atoms with Gasteiger partial charge in [-0.2, -0.15) is 5.10 Å². The summed E-state index contributed by atoms with van der Waals surface area (Å²) in [6.07, 6.45) is 7.25. The van der Waals surface area contributed by atoms with E-state index < -0.39 is 0 Å². The van der Waals surface area contributed by atoms with E-state index in [4.69, 9.17) is 0 Å². The monoisotopic (exact) mass is 331 g/mol. The second-order valence-corrected chi connectivity index (χ2v) is 5.86. The van der Waals surface area contributed by atoms with Crippen LogP contribution in [0.25, 0.3) is 16.8 Å². The van der Waals surface area contributed by atoms with Gasteiger partial charge in [-0.05, 0) is 17.7 Å². The number of aromatic nitrogens is 4. The Labute approximate surface area is 144 Å². The summed E-state index contributed by atoms with van der Waals surface area (Å²) in [6.45, 7) is 0.481. The van der Waals surface area contributed by atoms with E-state index >= 15 is 0 Å². The van der Waals surface area contributed by atoms with Crippen molar-refractivity contribution >= 4 is 11.6 Å². The maximum atomic E-state index is 12.6. The van der Waals surface area contributed by atoms with Crippen molar-refractivity contribution in [1.82, 2.24) is 24.5 Å². The normalized spacial score (nSPS) is 10.9. The van der Waals surface area contributed by atoms with Crippen LogP contribution in [0.15, 0.2) is 67.3 Å². The van der Waals surface area contributed by atoms with Crippen molar-refractivity contribution in [3.8, 4) is 11.1 Å². The predicted octanol–water partition coefficient (Wildman–Crippen LogP) is 2.66. The average Bonchev–Trinajstić information content (AvgIpc) is 3.26. The highest BCUT2D eigenvalue weighted by Gasteiger charge is 2.13. The molecule has 0 aliphatic heterocycles. The quantitative estimate of drug-likeness (QED) is 0.625. The van der Waals surface area contributed by atoms with Crippen LogP contribution >= 0.6 is 0 Å². The third-order valence-electron chi connectivity index (χ3n) is 4.07. The molecule has 0 aliphatic carbocycles. The Balaban J connectivity index is 1.61. The SMILES string of the molecule is Cn1cc(-c2ccc3ncc(C(=O)NCc4ccccc4)n3c2)cn1. The molecule has 6 nitrogen and oxygen atoms in total. The minimum Gasteiger partial charge on any atom is -0.347 e. The number of hydrogen-bond acceptors (Lipinski definition) is 3. The lowest BCUT2D eigenvalue weighted by Gasteiger charge is -2.06. The van der Waals surface area contributed by atoms with Crippen LogP contribution in [-0.4, -0.2) is 25.1 Å². The van der Waals surface area contributed by atoms with E-state index in [9.17, 15) is 4.79 Å². The van der Waals surface area contributed by atoms with Gasteiger partial charge in [0.2, 0.25) is 0 Å². The lowest BCUT2D eigenvalue weighted by molar-refractivity contribution is 0.0945. The first-order valence-corrected chi connectivity index (χ1v) is 7.99. The van der Waals surface area contributed by atoms with Gasteiger partial charge in [0.1, 0.15) is 11.3 Å². The molecule has 0 bridgehead atoms. The number of carbonyl (C=O) groups is 1. The molecule has 0 atom stereocenters. The van der Waals surface area contributed by atoms with Gasteiger partial charge >= 0.3 is 0 Å². The summed E-state index contributed by atoms with van der Waals surface area (Å²) in [4.78, 5) is 16.9. The molecule has 4 aromatic rings. The zero-order valence-electron chi connectivity index (χ0n) is 13.8. The number of imidazole rings is 1. The van der Waals surface area contributed by atoms with Gasteiger partial charge in [-0.3, -0.25) is 13.9 Å². The van der Waals surface area contributed by atoms with Crippen LogP contribution in [0.5, 0.6) is 0 Å². The van der Waals surface area contributed by atoms with E-state index in [1.165, 1.54) is 0 Å². The van der Waals surface area contributed by atoms with Gasteiger partial charge in [-0.15, -0.1) is 0 Å². The van der Waals surface area contributed by atoms with E-state index in [0.29, 0.717) is 12.2 Å². The fourth-order valence-corrected chi connectivity index (χ4v) is 2.76. The molecule has 3 aromatic heterocycles. The Morgan fingerprint density at radius 3 is 2.64 bits per heavy atom. The van der Waals surface area contributed by atoms with Crippen LogP contribution < -0.4 is 5.32 Å². The minimum atomic E-state index is -0.153. The van der Waals surface area contributed by atoms with Crippen molar-refractivity contribution in [3.63, 3.8) is 0 Å². The van der Waals surface area contributed by atoms with E-state index in [1.807, 2.05) is 66.3 Å². The number of aryl methyl sites for hydroxylation is 1. The molecule has 1 N–H and O–H groups in total. The Kier molecular flexibility index (Phi) is 3.78. The molecule has 3 heterocycles. The second kappa shape index (κ2) is 6.24. The van der Waals surface area contributed by atoms with Crippen molar-refractivity contribution < 1.29 is 4.79 Å². The number of amides is 1. The highest BCUT2D eigenvalue weighted by atomic mass is 16.1. The predicted molar refractivity (Wildman–Crippen MR) is 95.0 cm³/mol. The molecular weight excluding hydrogens is 314 g/mol. The smallest absolute Gasteiger partial charge is 0.270 e. The van der Waals surface area contributed by atoms with Gasteiger partial charge in [0.25, 0.3) is 5.91 Å². The Morgan fingerprint density at radius 1 is 1.04 bits per heavy atom. The number of rotatable bonds is 4. The minimum absolute atomic E-state index is 0.153. The molecule has 6 heteroatoms. The molecular formula is C19H17N5O. The van der Waals surface area contributed by atoms with Crippen LogP contribution in [0.4, 0.5) is 0 Å². The second-order valence-electron chi connectivity index (χ2n) is 5.86. The first-order chi connectivity index (χ1) is 12.2. The summed E-state index contributed by atoms with van der Waals surface area (Å²) in [5.74, 6) is -0.153. The molecule has 1 amide bonds. The maximum Gasteiger partial charge on any atom is 0.270 e. The summed E-state index contributed by atoms with van der Waals surface area (Å²) < 4.78 is 3.56. The molecule has 0 spiro atoms. The fraction of sp³-hybridized carbons (Fsp3) is 0.105. The number of nitrogens with one attached hydrogen (secondary N) is 1. The lowest BCUT2D eigenvalue weighted by Crippen LogP contribution is -2.24. The topological polar surface area (TPSA) is 64.2 Å². The summed E-state index contributed by atoms with van der Waals surface area (Å²) in [5.41, 5.74) is 4.28. The van der Waals surface area contributed by atoms with Gasteiger partial charge in [0.05, 0.1) is 12.4 Å². The zero-order chi connectivity index (χ0) is 17.2. The van der Waals surface area contributed by atoms with Crippen molar-refractivity contribution in [2.75, 3.05) is 0 Å². The van der Waals surface area contributed by atoms with E-state index in [2.05, 4.69) is 15.4 Å². The zero-order valence-corrected chi connectivity index (χ0v) is 13.8. The molecule has 0 unspecified atom stereocenters. The number of carbonyl (C=O) groups excluding carboxylic acids is 1. The standard InChI is InChI=1S/C19H17N5O/c1-23-12-16(10-22-23)15-7-8-18-20-11-17(24(18)13-15)19(25)21-9-14-5-3-2-4-6-14/h2-8,10-13H,9H2,1H3,(H,21,25). The van der Waals surface area contributed by atoms with Crippen LogP contribution in [0, 0.1) is 0 Å². The summed E-state index contributed by atoms with van der Waals surface area (Å²) in [5, 5.41) is 7.13. The van der Waals surface area contributed by atoms with Crippen LogP contribution in [0.1, 0.15) is 16.1 Å². The number of nitrogens with zero attached hydrogens (tertiary/aromatic N) is 4. The first-order valence-electron chi connectivity index (χ1n) is 7.99. The first kappa shape index (κ1) is 15.1. The molecule has 0 aliphatic rings. The summed E-state index contributed by atoms with van der Waals surface area (Å²) in [6, 6.07) is 13.7. The summed E-state index contributed by atoms with van der Waals surface area (Å²) in [7, 11) is 1.88. The number of benzene rings is 1. The van der Waals surface area contributed by atoms with Crippen molar-refractivity contribution in [1.29, 1.82) is 0 Å². The van der Waals surface area contributed by atoms with Crippen molar-refractivity contribution in [2.45, 2.75) is 6.54 Å². The van der Waals surface area contributed by atoms with Crippen LogP contribution in [-0.2, 0) is 13.6 Å². The lowest BCUT2D eigenvalue weighted by atomic mass is 10.2. The van der Waals surface area contributed by atoms with Crippen LogP contribution in [0.2, 0.25) is 0 Å². The molecule has 0 saturated carbocycles. The molecule has 124 valence electrons. The Morgan fingerprint density at radius 2 is 1.88 bits per heavy atom. The third kappa shape index (κ3) is 3.01. The van der Waals surface area contributed by atoms with Gasteiger partial charge in [0, 0.05) is 37.1 Å². The molecule has 0 saturated heterocycles. The number of hydrogen-bond donors (Lipinski definition) is 1. The Hall–Kier alpha value is -3.41. The van der Waals surface area contributed by atoms with Gasteiger partial charge in [0.15, 0.2) is 0 Å². The fourth-order valence-electron chi connectivity index (χ4n) is 2.76. The largest absolute Gasteiger partial charge is 0.347 e. The molecule has 4 rings (SSSR count). The van der Waals surface area contributed by atoms with Gasteiger partial charge < -0.3 is 5.32 Å².